The predicted octanol–water partition coefficient (Wildman–Crippen LogP) is 2.92. The average molecular weight is 296 g/mol. The normalized spacial score (nSPS) is 12.9. The van der Waals surface area contributed by atoms with Crippen LogP contribution in [0.5, 0.6) is 11.6 Å². The highest BCUT2D eigenvalue weighted by Gasteiger charge is 2.23. The van der Waals surface area contributed by atoms with Crippen LogP contribution in [0.15, 0.2) is 23.0 Å². The number of aryl methyl sites for hydroxylation is 2. The molecule has 0 radical (unpaired) electrons. The highest BCUT2D eigenvalue weighted by Crippen LogP contribution is 2.39. The highest BCUT2D eigenvalue weighted by molar-refractivity contribution is 6.04. The number of ether oxygens (including phenoxy) is 2. The van der Waals surface area contributed by atoms with Gasteiger partial charge >= 0.3 is 0 Å². The fraction of sp³-hybridized carbons (Fsp3) is 0.294. The van der Waals surface area contributed by atoms with Crippen LogP contribution >= 0.6 is 0 Å². The summed E-state index contributed by atoms with van der Waals surface area (Å²) in [5, 5.41) is 2.06. The van der Waals surface area contributed by atoms with Crippen LogP contribution in [0.3, 0.4) is 0 Å². The van der Waals surface area contributed by atoms with E-state index in [1.165, 1.54) is 0 Å². The zero-order chi connectivity index (χ0) is 15.4. The van der Waals surface area contributed by atoms with Crippen LogP contribution in [0.2, 0.25) is 0 Å². The van der Waals surface area contributed by atoms with Crippen molar-refractivity contribution < 1.29 is 9.47 Å². The molecule has 3 aromatic rings. The van der Waals surface area contributed by atoms with Crippen molar-refractivity contribution >= 4 is 21.8 Å². The maximum absolute atomic E-state index is 12.1. The van der Waals surface area contributed by atoms with Gasteiger partial charge in [-0.25, -0.2) is 4.98 Å². The highest BCUT2D eigenvalue weighted by atomic mass is 16.5. The quantitative estimate of drug-likeness (QED) is 0.682. The molecule has 3 heterocycles. The zero-order valence-corrected chi connectivity index (χ0v) is 12.8. The van der Waals surface area contributed by atoms with E-state index in [1.54, 1.807) is 10.6 Å². The summed E-state index contributed by atoms with van der Waals surface area (Å²) in [7, 11) is 0. The lowest BCUT2D eigenvalue weighted by Crippen LogP contribution is -2.18. The minimum absolute atomic E-state index is 0.0409. The first kappa shape index (κ1) is 13.1. The molecule has 2 aromatic heterocycles. The molecule has 0 aliphatic carbocycles. The Bertz CT molecular complexity index is 989. The van der Waals surface area contributed by atoms with Crippen LogP contribution in [-0.2, 0) is 6.73 Å². The maximum atomic E-state index is 12.1. The van der Waals surface area contributed by atoms with E-state index in [0.29, 0.717) is 18.2 Å². The van der Waals surface area contributed by atoms with Gasteiger partial charge < -0.3 is 9.47 Å². The molecule has 0 N–H and O–H groups in total. The summed E-state index contributed by atoms with van der Waals surface area (Å²) in [6.07, 6.45) is 0. The molecule has 5 heteroatoms. The lowest BCUT2D eigenvalue weighted by atomic mass is 10.0. The zero-order valence-electron chi connectivity index (χ0n) is 12.8. The van der Waals surface area contributed by atoms with Gasteiger partial charge in [0.25, 0.3) is 5.56 Å². The van der Waals surface area contributed by atoms with Gasteiger partial charge in [-0.1, -0.05) is 0 Å². The fourth-order valence-corrected chi connectivity index (χ4v) is 3.09. The van der Waals surface area contributed by atoms with Gasteiger partial charge in [0, 0.05) is 22.9 Å². The van der Waals surface area contributed by atoms with E-state index in [2.05, 4.69) is 11.1 Å². The second-order valence-corrected chi connectivity index (χ2v) is 5.58. The summed E-state index contributed by atoms with van der Waals surface area (Å²) >= 11 is 0. The lowest BCUT2D eigenvalue weighted by Gasteiger charge is -2.11. The minimum atomic E-state index is -0.0409. The molecule has 0 fully saturated rings. The molecule has 1 aliphatic heterocycles. The van der Waals surface area contributed by atoms with Crippen molar-refractivity contribution in [3.63, 3.8) is 0 Å². The monoisotopic (exact) mass is 296 g/mol. The lowest BCUT2D eigenvalue weighted by molar-refractivity contribution is 0.268. The number of nitrogens with zero attached hydrogens (tertiary/aromatic N) is 2. The molecule has 22 heavy (non-hydrogen) atoms. The maximum Gasteiger partial charge on any atom is 0.254 e. The fourth-order valence-electron chi connectivity index (χ4n) is 3.09. The summed E-state index contributed by atoms with van der Waals surface area (Å²) in [6, 6.07) is 5.68. The van der Waals surface area contributed by atoms with Crippen molar-refractivity contribution in [2.75, 3.05) is 6.61 Å². The molecule has 0 atom stereocenters. The molecule has 5 nitrogen and oxygen atoms in total. The predicted molar refractivity (Wildman–Crippen MR) is 84.8 cm³/mol. The van der Waals surface area contributed by atoms with E-state index in [0.717, 1.165) is 32.9 Å². The smallest absolute Gasteiger partial charge is 0.254 e. The summed E-state index contributed by atoms with van der Waals surface area (Å²) < 4.78 is 13.0. The Morgan fingerprint density at radius 2 is 2.00 bits per heavy atom. The average Bonchev–Trinajstić information content (AvgIpc) is 2.91. The molecule has 1 aromatic carbocycles. The van der Waals surface area contributed by atoms with E-state index in [-0.39, 0.29) is 12.3 Å². The first-order chi connectivity index (χ1) is 10.6. The van der Waals surface area contributed by atoms with Crippen LogP contribution in [0.25, 0.3) is 21.8 Å². The first-order valence-electron chi connectivity index (χ1n) is 7.34. The summed E-state index contributed by atoms with van der Waals surface area (Å²) in [5.74, 6) is 1.26. The van der Waals surface area contributed by atoms with Crippen molar-refractivity contribution in [1.29, 1.82) is 0 Å². The molecule has 112 valence electrons. The second kappa shape index (κ2) is 4.47. The number of pyridine rings is 2. The number of aromatic nitrogens is 2. The largest absolute Gasteiger partial charge is 0.478 e. The van der Waals surface area contributed by atoms with Crippen molar-refractivity contribution in [3.05, 3.63) is 39.7 Å². The molecule has 0 amide bonds. The van der Waals surface area contributed by atoms with Crippen molar-refractivity contribution in [2.24, 2.45) is 0 Å². The molecule has 0 unspecified atom stereocenters. The van der Waals surface area contributed by atoms with Gasteiger partial charge in [0.2, 0.25) is 5.88 Å². The van der Waals surface area contributed by atoms with E-state index >= 15 is 0 Å². The topological polar surface area (TPSA) is 53.4 Å². The molecule has 0 saturated heterocycles. The number of benzene rings is 1. The third kappa shape index (κ3) is 1.65. The van der Waals surface area contributed by atoms with Crippen LogP contribution in [0.4, 0.5) is 0 Å². The number of hydrogen-bond donors (Lipinski definition) is 0. The van der Waals surface area contributed by atoms with Crippen LogP contribution in [-0.4, -0.2) is 16.2 Å². The van der Waals surface area contributed by atoms with Gasteiger partial charge in [0.05, 0.1) is 12.1 Å². The van der Waals surface area contributed by atoms with E-state index in [4.69, 9.17) is 9.47 Å². The molecule has 0 bridgehead atoms. The second-order valence-electron chi connectivity index (χ2n) is 5.58. The third-order valence-electron chi connectivity index (χ3n) is 4.15. The number of hydrogen-bond acceptors (Lipinski definition) is 4. The SMILES string of the molecule is CCOc1cc(C)c2cc3c(C)cc(=O)n4c3c(c2n1)OC4. The van der Waals surface area contributed by atoms with Gasteiger partial charge in [-0.2, -0.15) is 0 Å². The van der Waals surface area contributed by atoms with Gasteiger partial charge in [-0.05, 0) is 38.0 Å². The Labute approximate surface area is 127 Å². The first-order valence-corrected chi connectivity index (χ1v) is 7.34. The molecular weight excluding hydrogens is 280 g/mol. The minimum Gasteiger partial charge on any atom is -0.478 e. The van der Waals surface area contributed by atoms with E-state index < -0.39 is 0 Å². The Morgan fingerprint density at radius 1 is 1.23 bits per heavy atom. The molecule has 1 aliphatic rings. The summed E-state index contributed by atoms with van der Waals surface area (Å²) in [4.78, 5) is 16.7. The van der Waals surface area contributed by atoms with Crippen LogP contribution < -0.4 is 15.0 Å². The Balaban J connectivity index is 2.20. The van der Waals surface area contributed by atoms with Gasteiger partial charge in [-0.15, -0.1) is 0 Å². The molecule has 4 rings (SSSR count). The van der Waals surface area contributed by atoms with Gasteiger partial charge in [0.1, 0.15) is 5.52 Å². The standard InChI is InChI=1S/C17H16N2O3/c1-4-21-13-5-9(2)11-7-12-10(3)6-14(20)19-8-22-17(16(12)19)15(11)18-13/h5-7H,4,8H2,1-3H3. The summed E-state index contributed by atoms with van der Waals surface area (Å²) in [6.45, 7) is 6.71. The van der Waals surface area contributed by atoms with Gasteiger partial charge in [-0.3, -0.25) is 9.36 Å². The van der Waals surface area contributed by atoms with Crippen molar-refractivity contribution in [3.8, 4) is 11.6 Å². The Kier molecular flexibility index (Phi) is 2.66. The van der Waals surface area contributed by atoms with Gasteiger partial charge in [0.15, 0.2) is 12.5 Å². The Morgan fingerprint density at radius 3 is 2.77 bits per heavy atom. The summed E-state index contributed by atoms with van der Waals surface area (Å²) in [5.41, 5.74) is 3.59. The Hall–Kier alpha value is -2.56. The molecular formula is C17H16N2O3. The van der Waals surface area contributed by atoms with E-state index in [9.17, 15) is 4.79 Å². The van der Waals surface area contributed by atoms with Crippen LogP contribution in [0.1, 0.15) is 18.1 Å². The molecule has 0 spiro atoms. The third-order valence-corrected chi connectivity index (χ3v) is 4.15. The number of fused-ring (bicyclic) bond motifs is 2. The van der Waals surface area contributed by atoms with E-state index in [1.807, 2.05) is 26.8 Å². The van der Waals surface area contributed by atoms with Crippen molar-refractivity contribution in [2.45, 2.75) is 27.5 Å². The van der Waals surface area contributed by atoms with Crippen LogP contribution in [0, 0.1) is 13.8 Å². The number of rotatable bonds is 2. The van der Waals surface area contributed by atoms with Crippen molar-refractivity contribution in [1.82, 2.24) is 9.55 Å². The molecule has 0 saturated carbocycles.